The Bertz CT molecular complexity index is 581. The Balaban J connectivity index is 1.77. The van der Waals surface area contributed by atoms with Crippen molar-refractivity contribution in [2.45, 2.75) is 0 Å². The quantitative estimate of drug-likeness (QED) is 0.558. The molecule has 0 radical (unpaired) electrons. The third-order valence-corrected chi connectivity index (χ3v) is 16.5. The van der Waals surface area contributed by atoms with Crippen LogP contribution in [-0.4, -0.2) is 71.0 Å². The van der Waals surface area contributed by atoms with Gasteiger partial charge in [0.05, 0.1) is 0 Å². The largest absolute Gasteiger partial charge is 0.257 e. The van der Waals surface area contributed by atoms with Gasteiger partial charge in [0.2, 0.25) is 15.0 Å². The highest BCUT2D eigenvalue weighted by atomic mass is 35.9. The summed E-state index contributed by atoms with van der Waals surface area (Å²) < 4.78 is 24.5. The van der Waals surface area contributed by atoms with E-state index < -0.39 is 20.9 Å². The Morgan fingerprint density at radius 3 is 1.25 bits per heavy atom. The first kappa shape index (κ1) is 13.5. The molecule has 0 aromatic rings. The summed E-state index contributed by atoms with van der Waals surface area (Å²) in [6, 6.07) is 0. The second kappa shape index (κ2) is 4.14. The van der Waals surface area contributed by atoms with Gasteiger partial charge in [-0.15, -0.1) is 0 Å². The van der Waals surface area contributed by atoms with E-state index in [2.05, 4.69) is 18.7 Å². The van der Waals surface area contributed by atoms with Crippen LogP contribution in [0.15, 0.2) is 13.5 Å². The van der Waals surface area contributed by atoms with E-state index in [1.54, 1.807) is 0 Å². The summed E-state index contributed by atoms with van der Waals surface area (Å²) in [4.78, 5) is 0. The molecule has 12 heteroatoms. The summed E-state index contributed by atoms with van der Waals surface area (Å²) in [6.45, 7) is 8.60. The molecule has 0 spiro atoms. The number of rotatable bonds is 4. The minimum atomic E-state index is -2.60. The molecular formula is C8H16Cl2N7P3. The highest BCUT2D eigenvalue weighted by Gasteiger charge is 2.55. The lowest BCUT2D eigenvalue weighted by Crippen LogP contribution is -2.09. The van der Waals surface area contributed by atoms with Gasteiger partial charge in [-0.1, -0.05) is 0 Å². The van der Waals surface area contributed by atoms with Gasteiger partial charge in [0.25, 0.3) is 5.91 Å². The number of hydrogen-bond donors (Lipinski definition) is 0. The molecule has 0 atom stereocenters. The minimum Gasteiger partial charge on any atom is -0.237 e. The fourth-order valence-electron chi connectivity index (χ4n) is 2.57. The Kier molecular flexibility index (Phi) is 2.80. The molecule has 0 saturated carbocycles. The first-order valence-electron chi connectivity index (χ1n) is 6.87. The van der Waals surface area contributed by atoms with E-state index in [1.165, 1.54) is 0 Å². The molecule has 4 fully saturated rings. The molecule has 0 bridgehead atoms. The Morgan fingerprint density at radius 2 is 0.900 bits per heavy atom. The third kappa shape index (κ3) is 2.06. The molecule has 0 unspecified atom stereocenters. The van der Waals surface area contributed by atoms with Crippen molar-refractivity contribution in [2.75, 3.05) is 52.4 Å². The van der Waals surface area contributed by atoms with Crippen molar-refractivity contribution in [3.8, 4) is 0 Å². The monoisotopic (exact) mass is 373 g/mol. The van der Waals surface area contributed by atoms with Crippen molar-refractivity contribution in [1.82, 2.24) is 18.7 Å². The standard InChI is InChI=1S/C8H16Cl2N7P3/c9-18(10)11-19(14-1-2-14,15-3-4-15)13-20(12-18,16-5-6-16)17-7-8-17/h1-8H2. The van der Waals surface area contributed by atoms with E-state index in [4.69, 9.17) is 36.0 Å². The maximum atomic E-state index is 6.56. The summed E-state index contributed by atoms with van der Waals surface area (Å²) in [5, 5.41) is 0. The summed E-state index contributed by atoms with van der Waals surface area (Å²) in [6.07, 6.45) is 0. The van der Waals surface area contributed by atoms with E-state index in [-0.39, 0.29) is 0 Å². The molecule has 7 nitrogen and oxygen atoms in total. The Hall–Kier alpha value is 1.11. The Morgan fingerprint density at radius 1 is 0.550 bits per heavy atom. The number of nitrogens with zero attached hydrogens (tertiary/aromatic N) is 7. The molecule has 0 aromatic carbocycles. The zero-order valence-electron chi connectivity index (χ0n) is 10.9. The van der Waals surface area contributed by atoms with Gasteiger partial charge in [-0.2, -0.15) is 13.5 Å². The van der Waals surface area contributed by atoms with Crippen LogP contribution in [0.2, 0.25) is 0 Å². The molecule has 5 heterocycles. The van der Waals surface area contributed by atoms with E-state index in [0.717, 1.165) is 52.4 Å². The molecule has 20 heavy (non-hydrogen) atoms. The third-order valence-electron chi connectivity index (χ3n) is 3.91. The van der Waals surface area contributed by atoms with Crippen LogP contribution in [0.5, 0.6) is 0 Å². The fraction of sp³-hybridized carbons (Fsp3) is 1.00. The molecule has 5 aliphatic rings. The van der Waals surface area contributed by atoms with Gasteiger partial charge < -0.3 is 0 Å². The average molecular weight is 374 g/mol. The molecule has 112 valence electrons. The summed E-state index contributed by atoms with van der Waals surface area (Å²) >= 11 is 13.1. The van der Waals surface area contributed by atoms with Crippen LogP contribution >= 0.6 is 43.4 Å². The zero-order valence-corrected chi connectivity index (χ0v) is 15.1. The SMILES string of the molecule is ClP1(Cl)=NP(N2CC2)(N2CC2)=NP(N2CC2)(N2CC2)=N1. The lowest BCUT2D eigenvalue weighted by Gasteiger charge is -2.34. The molecular weight excluding hydrogens is 358 g/mol. The molecule has 4 saturated heterocycles. The topological polar surface area (TPSA) is 49.1 Å². The van der Waals surface area contributed by atoms with E-state index in [0.29, 0.717) is 0 Å². The van der Waals surface area contributed by atoms with Gasteiger partial charge in [0.1, 0.15) is 0 Å². The van der Waals surface area contributed by atoms with Gasteiger partial charge in [-0.25, -0.2) is 18.7 Å². The van der Waals surface area contributed by atoms with E-state index in [1.807, 2.05) is 0 Å². The van der Waals surface area contributed by atoms with Crippen LogP contribution in [0, 0.1) is 0 Å². The molecule has 0 aliphatic carbocycles. The fourth-order valence-corrected chi connectivity index (χ4v) is 17.7. The van der Waals surface area contributed by atoms with Gasteiger partial charge in [-0.05, 0) is 22.5 Å². The Labute approximate surface area is 128 Å². The lowest BCUT2D eigenvalue weighted by atomic mass is 11.0. The van der Waals surface area contributed by atoms with E-state index >= 15 is 0 Å². The van der Waals surface area contributed by atoms with Crippen molar-refractivity contribution < 1.29 is 0 Å². The van der Waals surface area contributed by atoms with Gasteiger partial charge in [-0.3, -0.25) is 0 Å². The zero-order chi connectivity index (χ0) is 13.6. The predicted molar refractivity (Wildman–Crippen MR) is 86.0 cm³/mol. The van der Waals surface area contributed by atoms with Crippen molar-refractivity contribution in [1.29, 1.82) is 0 Å². The summed E-state index contributed by atoms with van der Waals surface area (Å²) in [7, 11) is -4.02. The lowest BCUT2D eigenvalue weighted by molar-refractivity contribution is 0.754. The average Bonchev–Trinajstić information content (AvgIpc) is 3.28. The maximum absolute atomic E-state index is 6.56. The molecule has 5 rings (SSSR count). The van der Waals surface area contributed by atoms with Crippen LogP contribution in [0.25, 0.3) is 0 Å². The summed E-state index contributed by atoms with van der Waals surface area (Å²) in [5.41, 5.74) is 0. The predicted octanol–water partition coefficient (Wildman–Crippen LogP) is 3.58. The van der Waals surface area contributed by atoms with Crippen LogP contribution < -0.4 is 0 Å². The molecule has 0 amide bonds. The van der Waals surface area contributed by atoms with Crippen LogP contribution in [0.3, 0.4) is 0 Å². The maximum Gasteiger partial charge on any atom is 0.257 e. The number of halogens is 2. The van der Waals surface area contributed by atoms with Crippen molar-refractivity contribution in [3.63, 3.8) is 0 Å². The first-order chi connectivity index (χ1) is 9.54. The molecule has 5 aliphatic heterocycles. The highest BCUT2D eigenvalue weighted by Crippen LogP contribution is 2.87. The van der Waals surface area contributed by atoms with E-state index in [9.17, 15) is 0 Å². The molecule has 0 N–H and O–H groups in total. The minimum absolute atomic E-state index is 1.07. The smallest absolute Gasteiger partial charge is 0.237 e. The van der Waals surface area contributed by atoms with Crippen LogP contribution in [-0.2, 0) is 0 Å². The summed E-state index contributed by atoms with van der Waals surface area (Å²) in [5.74, 6) is -2.60. The second-order valence-electron chi connectivity index (χ2n) is 5.61. The normalized spacial score (nSPS) is 37.5. The van der Waals surface area contributed by atoms with Crippen LogP contribution in [0.1, 0.15) is 0 Å². The van der Waals surface area contributed by atoms with Crippen molar-refractivity contribution >= 4 is 43.4 Å². The molecule has 0 aromatic heterocycles. The highest BCUT2D eigenvalue weighted by molar-refractivity contribution is 8.13. The number of hydrogen-bond acceptors (Lipinski definition) is 7. The second-order valence-corrected chi connectivity index (χ2v) is 16.4. The van der Waals surface area contributed by atoms with Gasteiger partial charge in [0, 0.05) is 52.4 Å². The first-order valence-corrected chi connectivity index (χ1v) is 13.6. The van der Waals surface area contributed by atoms with Gasteiger partial charge in [0.15, 0.2) is 0 Å². The van der Waals surface area contributed by atoms with Crippen molar-refractivity contribution in [2.24, 2.45) is 13.5 Å². The van der Waals surface area contributed by atoms with Gasteiger partial charge >= 0.3 is 0 Å². The van der Waals surface area contributed by atoms with Crippen molar-refractivity contribution in [3.05, 3.63) is 0 Å². The van der Waals surface area contributed by atoms with Crippen LogP contribution in [0.4, 0.5) is 0 Å².